The van der Waals surface area contributed by atoms with Crippen LogP contribution in [0.3, 0.4) is 0 Å². The van der Waals surface area contributed by atoms with Crippen molar-refractivity contribution in [3.8, 4) is 34.2 Å². The van der Waals surface area contributed by atoms with Crippen molar-refractivity contribution < 1.29 is 0 Å². The first-order chi connectivity index (χ1) is 23.7. The largest absolute Gasteiger partial charge is 0.275 e. The Balaban J connectivity index is 1.33. The minimum atomic E-state index is -0.139. The standard InChI is InChI=1S/C43H31N5/c1-29-40(31-18-8-3-9-19-31)45-39(28-38(44-29)30-16-6-2-7-17-30)36-26-27-37(35-25-15-14-24-34(35)36)43-47-41(32-20-10-4-11-21-32)46-42(48-43)33-22-12-5-13-23-33/h2-29H,1H3/t29-/m1/s1. The van der Waals surface area contributed by atoms with Crippen molar-refractivity contribution in [3.05, 3.63) is 180 Å². The summed E-state index contributed by atoms with van der Waals surface area (Å²) >= 11 is 0. The maximum absolute atomic E-state index is 5.35. The third-order valence-corrected chi connectivity index (χ3v) is 8.52. The van der Waals surface area contributed by atoms with Crippen LogP contribution in [0.4, 0.5) is 0 Å². The van der Waals surface area contributed by atoms with Gasteiger partial charge in [0.25, 0.3) is 0 Å². The van der Waals surface area contributed by atoms with Crippen LogP contribution < -0.4 is 0 Å². The smallest absolute Gasteiger partial charge is 0.164 e. The number of benzene rings is 6. The van der Waals surface area contributed by atoms with Gasteiger partial charge in [-0.15, -0.1) is 0 Å². The molecule has 8 rings (SSSR count). The molecule has 0 N–H and O–H groups in total. The molecule has 0 saturated heterocycles. The third kappa shape index (κ3) is 5.74. The zero-order valence-corrected chi connectivity index (χ0v) is 26.4. The maximum atomic E-state index is 5.35. The second-order valence-corrected chi connectivity index (χ2v) is 11.7. The molecule has 0 radical (unpaired) electrons. The first-order valence-corrected chi connectivity index (χ1v) is 16.1. The summed E-state index contributed by atoms with van der Waals surface area (Å²) in [4.78, 5) is 25.5. The zero-order chi connectivity index (χ0) is 32.3. The molecule has 6 aromatic carbocycles. The number of rotatable bonds is 6. The topological polar surface area (TPSA) is 63.4 Å². The number of nitrogens with zero attached hydrogens (tertiary/aromatic N) is 5. The van der Waals surface area contributed by atoms with Crippen LogP contribution in [0.2, 0.25) is 0 Å². The van der Waals surface area contributed by atoms with Crippen molar-refractivity contribution in [1.82, 2.24) is 15.0 Å². The van der Waals surface area contributed by atoms with Crippen molar-refractivity contribution >= 4 is 27.9 Å². The molecule has 48 heavy (non-hydrogen) atoms. The van der Waals surface area contributed by atoms with Crippen molar-refractivity contribution in [3.63, 3.8) is 0 Å². The second-order valence-electron chi connectivity index (χ2n) is 11.7. The number of allylic oxidation sites excluding steroid dienone is 1. The Morgan fingerprint density at radius 2 is 0.854 bits per heavy atom. The Morgan fingerprint density at radius 1 is 0.417 bits per heavy atom. The molecule has 1 atom stereocenters. The molecular formula is C43H31N5. The second kappa shape index (κ2) is 12.8. The van der Waals surface area contributed by atoms with Gasteiger partial charge in [-0.2, -0.15) is 0 Å². The van der Waals surface area contributed by atoms with Crippen LogP contribution in [-0.4, -0.2) is 32.4 Å². The van der Waals surface area contributed by atoms with E-state index in [-0.39, 0.29) is 6.04 Å². The van der Waals surface area contributed by atoms with Gasteiger partial charge in [-0.3, -0.25) is 4.99 Å². The number of aliphatic imine (C=N–C) groups is 2. The minimum absolute atomic E-state index is 0.139. The molecule has 0 aliphatic carbocycles. The molecule has 0 spiro atoms. The maximum Gasteiger partial charge on any atom is 0.164 e. The summed E-state index contributed by atoms with van der Waals surface area (Å²) in [6, 6.07) is 53.3. The van der Waals surface area contributed by atoms with Gasteiger partial charge in [0.2, 0.25) is 0 Å². The highest BCUT2D eigenvalue weighted by molar-refractivity contribution is 6.19. The van der Waals surface area contributed by atoms with Crippen LogP contribution in [-0.2, 0) is 0 Å². The lowest BCUT2D eigenvalue weighted by Gasteiger charge is -2.14. The van der Waals surface area contributed by atoms with Gasteiger partial charge >= 0.3 is 0 Å². The van der Waals surface area contributed by atoms with E-state index in [2.05, 4.69) is 73.7 Å². The molecule has 7 aromatic rings. The fourth-order valence-corrected chi connectivity index (χ4v) is 6.16. The Bertz CT molecular complexity index is 2270. The average Bonchev–Trinajstić information content (AvgIpc) is 3.34. The van der Waals surface area contributed by atoms with E-state index in [4.69, 9.17) is 24.9 Å². The molecule has 5 heteroatoms. The summed E-state index contributed by atoms with van der Waals surface area (Å²) in [5.74, 6) is 1.89. The lowest BCUT2D eigenvalue weighted by molar-refractivity contribution is 0.978. The van der Waals surface area contributed by atoms with Gasteiger partial charge in [0.1, 0.15) is 0 Å². The summed E-state index contributed by atoms with van der Waals surface area (Å²) in [5.41, 5.74) is 8.62. The molecule has 0 unspecified atom stereocenters. The summed E-state index contributed by atoms with van der Waals surface area (Å²) < 4.78 is 0. The molecule has 0 amide bonds. The van der Waals surface area contributed by atoms with Gasteiger partial charge in [-0.05, 0) is 41.0 Å². The van der Waals surface area contributed by atoms with E-state index >= 15 is 0 Å². The average molecular weight is 618 g/mol. The number of hydrogen-bond acceptors (Lipinski definition) is 5. The quantitative estimate of drug-likeness (QED) is 0.187. The van der Waals surface area contributed by atoms with E-state index in [1.807, 2.05) is 97.1 Å². The van der Waals surface area contributed by atoms with Gasteiger partial charge in [-0.1, -0.05) is 152 Å². The van der Waals surface area contributed by atoms with Crippen LogP contribution in [0.5, 0.6) is 0 Å². The lowest BCUT2D eigenvalue weighted by atomic mass is 9.96. The Labute approximate surface area is 279 Å². The van der Waals surface area contributed by atoms with Crippen molar-refractivity contribution in [2.45, 2.75) is 13.0 Å². The van der Waals surface area contributed by atoms with Crippen LogP contribution >= 0.6 is 0 Å². The van der Waals surface area contributed by atoms with E-state index in [0.29, 0.717) is 17.5 Å². The van der Waals surface area contributed by atoms with Crippen molar-refractivity contribution in [2.75, 3.05) is 0 Å². The van der Waals surface area contributed by atoms with E-state index in [1.165, 1.54) is 0 Å². The van der Waals surface area contributed by atoms with Gasteiger partial charge in [0.15, 0.2) is 17.5 Å². The molecule has 1 aliphatic heterocycles. The minimum Gasteiger partial charge on any atom is -0.275 e. The molecule has 1 aliphatic rings. The highest BCUT2D eigenvalue weighted by Gasteiger charge is 2.21. The normalized spacial score (nSPS) is 14.5. The highest BCUT2D eigenvalue weighted by Crippen LogP contribution is 2.35. The predicted molar refractivity (Wildman–Crippen MR) is 197 cm³/mol. The molecule has 0 bridgehead atoms. The first kappa shape index (κ1) is 29.1. The van der Waals surface area contributed by atoms with Gasteiger partial charge in [0.05, 0.1) is 23.2 Å². The van der Waals surface area contributed by atoms with Crippen LogP contribution in [0.25, 0.3) is 50.6 Å². The van der Waals surface area contributed by atoms with Gasteiger partial charge in [-0.25, -0.2) is 19.9 Å². The number of aromatic nitrogens is 3. The van der Waals surface area contributed by atoms with Gasteiger partial charge in [0, 0.05) is 22.3 Å². The summed E-state index contributed by atoms with van der Waals surface area (Å²) in [5, 5.41) is 2.09. The monoisotopic (exact) mass is 617 g/mol. The SMILES string of the molecule is C[C@H]1N=C(c2ccccc2)C=C(c2ccc(-c3nc(-c4ccccc4)nc(-c4ccccc4)n3)c3ccccc23)N=C1c1ccccc1. The molecular weight excluding hydrogens is 587 g/mol. The van der Waals surface area contributed by atoms with Crippen molar-refractivity contribution in [1.29, 1.82) is 0 Å². The van der Waals surface area contributed by atoms with Crippen LogP contribution in [0.15, 0.2) is 174 Å². The zero-order valence-electron chi connectivity index (χ0n) is 26.4. The highest BCUT2D eigenvalue weighted by atomic mass is 15.0. The molecule has 228 valence electrons. The Kier molecular flexibility index (Phi) is 7.77. The van der Waals surface area contributed by atoms with E-state index in [1.54, 1.807) is 0 Å². The van der Waals surface area contributed by atoms with Crippen molar-refractivity contribution in [2.24, 2.45) is 9.98 Å². The van der Waals surface area contributed by atoms with E-state index < -0.39 is 0 Å². The Morgan fingerprint density at radius 3 is 1.42 bits per heavy atom. The molecule has 2 heterocycles. The number of fused-ring (bicyclic) bond motifs is 1. The molecule has 1 aromatic heterocycles. The fourth-order valence-electron chi connectivity index (χ4n) is 6.16. The first-order valence-electron chi connectivity index (χ1n) is 16.1. The summed E-state index contributed by atoms with van der Waals surface area (Å²) in [6.07, 6.45) is 2.12. The molecule has 0 fully saturated rings. The molecule has 0 saturated carbocycles. The van der Waals surface area contributed by atoms with E-state index in [0.717, 1.165) is 61.3 Å². The lowest BCUT2D eigenvalue weighted by Crippen LogP contribution is -2.17. The Hall–Kier alpha value is -6.33. The van der Waals surface area contributed by atoms with Gasteiger partial charge < -0.3 is 0 Å². The summed E-state index contributed by atoms with van der Waals surface area (Å²) in [7, 11) is 0. The van der Waals surface area contributed by atoms with Crippen LogP contribution in [0, 0.1) is 0 Å². The fraction of sp³-hybridized carbons (Fsp3) is 0.0465. The third-order valence-electron chi connectivity index (χ3n) is 8.52. The predicted octanol–water partition coefficient (Wildman–Crippen LogP) is 9.75. The van der Waals surface area contributed by atoms with E-state index in [9.17, 15) is 0 Å². The number of hydrogen-bond donors (Lipinski definition) is 0. The van der Waals surface area contributed by atoms with Crippen LogP contribution in [0.1, 0.15) is 23.6 Å². The molecule has 5 nitrogen and oxygen atoms in total. The summed E-state index contributed by atoms with van der Waals surface area (Å²) in [6.45, 7) is 2.11.